The summed E-state index contributed by atoms with van der Waals surface area (Å²) in [6.45, 7) is 0. The molecule has 0 fully saturated rings. The normalized spacial score (nSPS) is 12.1. The van der Waals surface area contributed by atoms with Gasteiger partial charge in [0.15, 0.2) is 11.5 Å². The molecule has 11 heteroatoms. The first kappa shape index (κ1) is 31.9. The van der Waals surface area contributed by atoms with Crippen LogP contribution in [0.5, 0.6) is 17.2 Å². The van der Waals surface area contributed by atoms with Crippen LogP contribution in [0.25, 0.3) is 22.4 Å². The van der Waals surface area contributed by atoms with Crippen molar-refractivity contribution >= 4 is 40.0 Å². The molecule has 1 N–H and O–H groups in total. The van der Waals surface area contributed by atoms with Gasteiger partial charge in [-0.1, -0.05) is 30.3 Å². The molecule has 1 aliphatic rings. The molecule has 5 rings (SSSR count). The lowest BCUT2D eigenvalue weighted by Crippen LogP contribution is -2.15. The third-order valence-electron chi connectivity index (χ3n) is 7.53. The fourth-order valence-electron chi connectivity index (χ4n) is 5.36. The van der Waals surface area contributed by atoms with Crippen molar-refractivity contribution in [1.82, 2.24) is 4.98 Å². The maximum Gasteiger partial charge on any atom is 0.341 e. The first-order chi connectivity index (χ1) is 21.9. The van der Waals surface area contributed by atoms with E-state index in [0.29, 0.717) is 61.0 Å². The minimum Gasteiger partial charge on any atom is -0.493 e. The molecule has 0 atom stereocenters. The quantitative estimate of drug-likeness (QED) is 0.134. The third kappa shape index (κ3) is 6.77. The Morgan fingerprint density at radius 1 is 0.978 bits per heavy atom. The second-order valence-corrected chi connectivity index (χ2v) is 12.4. The first-order valence-corrected chi connectivity index (χ1v) is 16.2. The van der Waals surface area contributed by atoms with Gasteiger partial charge in [-0.2, -0.15) is 5.26 Å². The number of hydrogen-bond acceptors (Lipinski definition) is 10. The van der Waals surface area contributed by atoms with Crippen LogP contribution in [0.4, 0.5) is 5.00 Å². The summed E-state index contributed by atoms with van der Waals surface area (Å²) in [6.07, 6.45) is 3.91. The number of hydrogen-bond donors (Lipinski definition) is 1. The average molecular weight is 644 g/mol. The molecule has 0 bridgehead atoms. The van der Waals surface area contributed by atoms with Gasteiger partial charge in [0.2, 0.25) is 11.7 Å². The summed E-state index contributed by atoms with van der Waals surface area (Å²) in [4.78, 5) is 31.7. The van der Waals surface area contributed by atoms with Gasteiger partial charge in [0, 0.05) is 28.2 Å². The number of methoxy groups -OCH3 is 4. The minimum absolute atomic E-state index is 0.148. The number of amides is 1. The zero-order chi connectivity index (χ0) is 31.9. The summed E-state index contributed by atoms with van der Waals surface area (Å²) in [5, 5.41) is 14.3. The predicted molar refractivity (Wildman–Crippen MR) is 176 cm³/mol. The molecule has 0 unspecified atom stereocenters. The SMILES string of the molecule is COC(=O)c1c(NC(=O)CCSc2nc(-c3ccccc3)cc(-c3cc(OC)c(OC)c(OC)c3)c2C#N)sc2c1CCCC2. The topological polar surface area (TPSA) is 120 Å². The molecule has 45 heavy (non-hydrogen) atoms. The molecular weight excluding hydrogens is 611 g/mol. The number of ether oxygens (including phenoxy) is 4. The average Bonchev–Trinajstić information content (AvgIpc) is 3.44. The number of carbonyl (C=O) groups is 2. The molecule has 0 saturated heterocycles. The van der Waals surface area contributed by atoms with Crippen molar-refractivity contribution in [3.8, 4) is 45.7 Å². The molecule has 1 aliphatic carbocycles. The molecule has 2 heterocycles. The Labute approximate surface area is 270 Å². The molecule has 9 nitrogen and oxygen atoms in total. The van der Waals surface area contributed by atoms with Crippen molar-refractivity contribution in [3.63, 3.8) is 0 Å². The van der Waals surface area contributed by atoms with Crippen molar-refractivity contribution in [2.24, 2.45) is 0 Å². The molecule has 0 radical (unpaired) electrons. The highest BCUT2D eigenvalue weighted by atomic mass is 32.2. The molecule has 4 aromatic rings. The molecule has 232 valence electrons. The van der Waals surface area contributed by atoms with Crippen molar-refractivity contribution in [3.05, 3.63) is 70.1 Å². The van der Waals surface area contributed by atoms with E-state index in [0.717, 1.165) is 41.7 Å². The number of aryl methyl sites for hydroxylation is 1. The zero-order valence-corrected chi connectivity index (χ0v) is 27.2. The molecule has 1 amide bonds. The Morgan fingerprint density at radius 3 is 2.33 bits per heavy atom. The van der Waals surface area contributed by atoms with Gasteiger partial charge in [0.1, 0.15) is 16.1 Å². The number of esters is 1. The number of carbonyl (C=O) groups excluding carboxylic acids is 2. The van der Waals surface area contributed by atoms with Crippen LogP contribution in [0, 0.1) is 11.3 Å². The Morgan fingerprint density at radius 2 is 1.69 bits per heavy atom. The fraction of sp³-hybridized carbons (Fsp3) is 0.294. The van der Waals surface area contributed by atoms with Crippen molar-refractivity contribution < 1.29 is 28.5 Å². The smallest absolute Gasteiger partial charge is 0.341 e. The Balaban J connectivity index is 1.45. The van der Waals surface area contributed by atoms with E-state index in [1.165, 1.54) is 37.3 Å². The minimum atomic E-state index is -0.431. The van der Waals surface area contributed by atoms with Gasteiger partial charge >= 0.3 is 5.97 Å². The number of thioether (sulfide) groups is 1. The molecule has 0 spiro atoms. The number of rotatable bonds is 11. The summed E-state index contributed by atoms with van der Waals surface area (Å²) in [7, 11) is 5.97. The van der Waals surface area contributed by atoms with Crippen LogP contribution in [-0.4, -0.2) is 51.1 Å². The number of nitrogens with zero attached hydrogens (tertiary/aromatic N) is 2. The highest BCUT2D eigenvalue weighted by Gasteiger charge is 2.27. The maximum atomic E-state index is 13.1. The summed E-state index contributed by atoms with van der Waals surface area (Å²) in [6, 6.07) is 17.5. The number of pyridine rings is 1. The van der Waals surface area contributed by atoms with Gasteiger partial charge in [-0.3, -0.25) is 4.79 Å². The molecule has 0 aliphatic heterocycles. The van der Waals surface area contributed by atoms with E-state index in [9.17, 15) is 14.9 Å². The van der Waals surface area contributed by atoms with E-state index < -0.39 is 5.97 Å². The van der Waals surface area contributed by atoms with Crippen LogP contribution in [0.3, 0.4) is 0 Å². The monoisotopic (exact) mass is 643 g/mol. The largest absolute Gasteiger partial charge is 0.493 e. The highest BCUT2D eigenvalue weighted by molar-refractivity contribution is 7.99. The van der Waals surface area contributed by atoms with Crippen LogP contribution in [0.2, 0.25) is 0 Å². The van der Waals surface area contributed by atoms with Crippen LogP contribution < -0.4 is 19.5 Å². The molecular formula is C34H33N3O6S2. The third-order valence-corrected chi connectivity index (χ3v) is 9.71. The number of nitriles is 1. The maximum absolute atomic E-state index is 13.1. The standard InChI is InChI=1S/C34H33N3O6S2/c1-40-26-16-21(17-27(41-2)31(26)42-3)23-18-25(20-10-6-5-7-11-20)36-32(24(23)19-35)44-15-14-29(38)37-33-30(34(39)43-4)22-12-8-9-13-28(22)45-33/h5-7,10-11,16-18H,8-9,12-15H2,1-4H3,(H,37,38). The zero-order valence-electron chi connectivity index (χ0n) is 25.5. The fourth-order valence-corrected chi connectivity index (χ4v) is 7.59. The second-order valence-electron chi connectivity index (χ2n) is 10.2. The van der Waals surface area contributed by atoms with E-state index in [4.69, 9.17) is 23.9 Å². The van der Waals surface area contributed by atoms with E-state index in [2.05, 4.69) is 11.4 Å². The molecule has 0 saturated carbocycles. The molecule has 2 aromatic heterocycles. The number of aromatic nitrogens is 1. The van der Waals surface area contributed by atoms with Gasteiger partial charge < -0.3 is 24.3 Å². The van der Waals surface area contributed by atoms with Crippen molar-refractivity contribution in [2.45, 2.75) is 37.1 Å². The lowest BCUT2D eigenvalue weighted by atomic mass is 9.95. The van der Waals surface area contributed by atoms with E-state index in [1.807, 2.05) is 36.4 Å². The number of nitrogens with one attached hydrogen (secondary N) is 1. The van der Waals surface area contributed by atoms with Crippen LogP contribution in [0.15, 0.2) is 53.6 Å². The van der Waals surface area contributed by atoms with Crippen LogP contribution in [-0.2, 0) is 22.4 Å². The predicted octanol–water partition coefficient (Wildman–Crippen LogP) is 7.16. The van der Waals surface area contributed by atoms with Gasteiger partial charge in [-0.05, 0) is 55.0 Å². The lowest BCUT2D eigenvalue weighted by Gasteiger charge is -2.16. The van der Waals surface area contributed by atoms with Gasteiger partial charge in [-0.15, -0.1) is 23.1 Å². The van der Waals surface area contributed by atoms with E-state index >= 15 is 0 Å². The summed E-state index contributed by atoms with van der Waals surface area (Å²) < 4.78 is 21.7. The number of fused-ring (bicyclic) bond motifs is 1. The molecule has 2 aromatic carbocycles. The van der Waals surface area contributed by atoms with E-state index in [1.54, 1.807) is 26.4 Å². The first-order valence-electron chi connectivity index (χ1n) is 14.4. The number of anilines is 1. The van der Waals surface area contributed by atoms with Gasteiger partial charge in [-0.25, -0.2) is 9.78 Å². The highest BCUT2D eigenvalue weighted by Crippen LogP contribution is 2.44. The van der Waals surface area contributed by atoms with Gasteiger partial charge in [0.25, 0.3) is 0 Å². The summed E-state index contributed by atoms with van der Waals surface area (Å²) in [5.74, 6) is 1.07. The Kier molecular flexibility index (Phi) is 10.3. The summed E-state index contributed by atoms with van der Waals surface area (Å²) in [5.41, 5.74) is 4.72. The van der Waals surface area contributed by atoms with Crippen molar-refractivity contribution in [2.75, 3.05) is 39.5 Å². The van der Waals surface area contributed by atoms with Gasteiger partial charge in [0.05, 0.1) is 45.3 Å². The lowest BCUT2D eigenvalue weighted by molar-refractivity contribution is -0.115. The second kappa shape index (κ2) is 14.5. The Hall–Kier alpha value is -4.53. The number of thiophene rings is 1. The van der Waals surface area contributed by atoms with Crippen LogP contribution in [0.1, 0.15) is 45.6 Å². The van der Waals surface area contributed by atoms with E-state index in [-0.39, 0.29) is 12.3 Å². The van der Waals surface area contributed by atoms with Crippen molar-refractivity contribution in [1.29, 1.82) is 5.26 Å². The Bertz CT molecular complexity index is 1740. The number of benzene rings is 2. The van der Waals surface area contributed by atoms with Crippen LogP contribution >= 0.6 is 23.1 Å². The summed E-state index contributed by atoms with van der Waals surface area (Å²) >= 11 is 2.78.